The number of para-hydroxylation sites is 1. The minimum absolute atomic E-state index is 0.557. The summed E-state index contributed by atoms with van der Waals surface area (Å²) in [6.45, 7) is 1.94. The van der Waals surface area contributed by atoms with Gasteiger partial charge in [-0.25, -0.2) is 9.97 Å². The number of fused-ring (bicyclic) bond motifs is 3. The second-order valence-electron chi connectivity index (χ2n) is 5.17. The molecular weight excluding hydrogens is 288 g/mol. The van der Waals surface area contributed by atoms with Crippen molar-refractivity contribution in [2.45, 2.75) is 6.92 Å². The Labute approximate surface area is 132 Å². The summed E-state index contributed by atoms with van der Waals surface area (Å²) in [6.07, 6.45) is 1.51. The number of furan rings is 1. The van der Waals surface area contributed by atoms with E-state index in [1.54, 1.807) is 0 Å². The van der Waals surface area contributed by atoms with Gasteiger partial charge in [-0.3, -0.25) is 5.43 Å². The van der Waals surface area contributed by atoms with E-state index < -0.39 is 0 Å². The van der Waals surface area contributed by atoms with Crippen LogP contribution in [0.5, 0.6) is 0 Å². The Kier molecular flexibility index (Phi) is 3.24. The SMILES string of the molecule is C/C(=N/Nc1ncnc2c1oc1ccccc12)c1ccccc1. The summed E-state index contributed by atoms with van der Waals surface area (Å²) in [5.74, 6) is 0.557. The molecule has 0 aliphatic heterocycles. The van der Waals surface area contributed by atoms with Crippen LogP contribution in [-0.4, -0.2) is 15.7 Å². The zero-order chi connectivity index (χ0) is 15.6. The van der Waals surface area contributed by atoms with Crippen LogP contribution in [-0.2, 0) is 0 Å². The highest BCUT2D eigenvalue weighted by molar-refractivity contribution is 6.05. The minimum Gasteiger partial charge on any atom is -0.450 e. The van der Waals surface area contributed by atoms with E-state index in [1.165, 1.54) is 6.33 Å². The molecule has 4 aromatic rings. The van der Waals surface area contributed by atoms with E-state index in [2.05, 4.69) is 20.5 Å². The van der Waals surface area contributed by atoms with Gasteiger partial charge >= 0.3 is 0 Å². The Bertz CT molecular complexity index is 1010. The van der Waals surface area contributed by atoms with E-state index in [4.69, 9.17) is 4.42 Å². The average molecular weight is 302 g/mol. The summed E-state index contributed by atoms with van der Waals surface area (Å²) < 4.78 is 5.86. The quantitative estimate of drug-likeness (QED) is 0.455. The number of aromatic nitrogens is 2. The molecular formula is C18H14N4O. The third-order valence-corrected chi connectivity index (χ3v) is 3.68. The Morgan fingerprint density at radius 2 is 1.78 bits per heavy atom. The highest BCUT2D eigenvalue weighted by atomic mass is 16.3. The highest BCUT2D eigenvalue weighted by Crippen LogP contribution is 2.30. The fraction of sp³-hybridized carbons (Fsp3) is 0.0556. The normalized spacial score (nSPS) is 12.0. The van der Waals surface area contributed by atoms with Crippen molar-refractivity contribution in [2.75, 3.05) is 5.43 Å². The number of anilines is 1. The predicted octanol–water partition coefficient (Wildman–Crippen LogP) is 4.21. The van der Waals surface area contributed by atoms with Crippen molar-refractivity contribution in [3.63, 3.8) is 0 Å². The van der Waals surface area contributed by atoms with Gasteiger partial charge in [-0.2, -0.15) is 5.10 Å². The van der Waals surface area contributed by atoms with Crippen LogP contribution >= 0.6 is 0 Å². The number of benzene rings is 2. The summed E-state index contributed by atoms with van der Waals surface area (Å²) >= 11 is 0. The topological polar surface area (TPSA) is 63.3 Å². The van der Waals surface area contributed by atoms with Crippen molar-refractivity contribution in [2.24, 2.45) is 5.10 Å². The zero-order valence-corrected chi connectivity index (χ0v) is 12.5. The van der Waals surface area contributed by atoms with Crippen LogP contribution in [0.2, 0.25) is 0 Å². The van der Waals surface area contributed by atoms with E-state index in [0.29, 0.717) is 11.4 Å². The lowest BCUT2D eigenvalue weighted by atomic mass is 10.1. The third-order valence-electron chi connectivity index (χ3n) is 3.68. The van der Waals surface area contributed by atoms with Gasteiger partial charge in [0.2, 0.25) is 0 Å². The molecule has 0 fully saturated rings. The fourth-order valence-electron chi connectivity index (χ4n) is 2.48. The first-order chi connectivity index (χ1) is 11.3. The molecule has 0 radical (unpaired) electrons. The second-order valence-corrected chi connectivity index (χ2v) is 5.17. The lowest BCUT2D eigenvalue weighted by molar-refractivity contribution is 0.667. The molecule has 2 aromatic heterocycles. The summed E-state index contributed by atoms with van der Waals surface area (Å²) in [5, 5.41) is 5.37. The van der Waals surface area contributed by atoms with Crippen molar-refractivity contribution in [1.29, 1.82) is 0 Å². The van der Waals surface area contributed by atoms with Gasteiger partial charge in [-0.05, 0) is 24.6 Å². The first kappa shape index (κ1) is 13.5. The monoisotopic (exact) mass is 302 g/mol. The second kappa shape index (κ2) is 5.53. The van der Waals surface area contributed by atoms with Crippen LogP contribution in [0.1, 0.15) is 12.5 Å². The first-order valence-corrected chi connectivity index (χ1v) is 7.31. The molecule has 4 rings (SSSR count). The first-order valence-electron chi connectivity index (χ1n) is 7.31. The summed E-state index contributed by atoms with van der Waals surface area (Å²) in [4.78, 5) is 8.57. The molecule has 0 aliphatic carbocycles. The van der Waals surface area contributed by atoms with Crippen molar-refractivity contribution in [3.8, 4) is 0 Å². The van der Waals surface area contributed by atoms with E-state index >= 15 is 0 Å². The Morgan fingerprint density at radius 3 is 2.65 bits per heavy atom. The number of nitrogens with one attached hydrogen (secondary N) is 1. The summed E-state index contributed by atoms with van der Waals surface area (Å²) in [6, 6.07) is 17.8. The average Bonchev–Trinajstić information content (AvgIpc) is 3.00. The molecule has 0 atom stereocenters. The Morgan fingerprint density at radius 1 is 1.00 bits per heavy atom. The molecule has 0 amide bonds. The molecule has 0 aliphatic rings. The lowest BCUT2D eigenvalue weighted by Gasteiger charge is -2.03. The fourth-order valence-corrected chi connectivity index (χ4v) is 2.48. The largest absolute Gasteiger partial charge is 0.450 e. The number of hydrazone groups is 1. The van der Waals surface area contributed by atoms with Crippen LogP contribution in [0.15, 0.2) is 70.4 Å². The third kappa shape index (κ3) is 2.42. The van der Waals surface area contributed by atoms with Gasteiger partial charge < -0.3 is 4.42 Å². The minimum atomic E-state index is 0.557. The Hall–Kier alpha value is -3.21. The van der Waals surface area contributed by atoms with Crippen molar-refractivity contribution in [3.05, 3.63) is 66.5 Å². The lowest BCUT2D eigenvalue weighted by Crippen LogP contribution is -2.01. The van der Waals surface area contributed by atoms with Crippen LogP contribution < -0.4 is 5.43 Å². The number of hydrogen-bond acceptors (Lipinski definition) is 5. The van der Waals surface area contributed by atoms with Gasteiger partial charge in [0.05, 0.1) is 5.71 Å². The van der Waals surface area contributed by atoms with E-state index in [-0.39, 0.29) is 0 Å². The van der Waals surface area contributed by atoms with Crippen LogP contribution in [0.25, 0.3) is 22.1 Å². The maximum atomic E-state index is 5.86. The van der Waals surface area contributed by atoms with Gasteiger partial charge in [-0.15, -0.1) is 0 Å². The van der Waals surface area contributed by atoms with Crippen LogP contribution in [0.3, 0.4) is 0 Å². The molecule has 0 unspecified atom stereocenters. The zero-order valence-electron chi connectivity index (χ0n) is 12.5. The molecule has 0 saturated carbocycles. The molecule has 0 spiro atoms. The predicted molar refractivity (Wildman–Crippen MR) is 91.6 cm³/mol. The number of nitrogens with zero attached hydrogens (tertiary/aromatic N) is 3. The molecule has 0 bridgehead atoms. The van der Waals surface area contributed by atoms with E-state index in [0.717, 1.165) is 27.8 Å². The molecule has 23 heavy (non-hydrogen) atoms. The maximum Gasteiger partial charge on any atom is 0.197 e. The molecule has 112 valence electrons. The molecule has 5 heteroatoms. The smallest absolute Gasteiger partial charge is 0.197 e. The molecule has 0 saturated heterocycles. The van der Waals surface area contributed by atoms with Crippen LogP contribution in [0, 0.1) is 0 Å². The molecule has 1 N–H and O–H groups in total. The summed E-state index contributed by atoms with van der Waals surface area (Å²) in [7, 11) is 0. The van der Waals surface area contributed by atoms with E-state index in [1.807, 2.05) is 61.5 Å². The molecule has 2 heterocycles. The Balaban J connectivity index is 1.75. The van der Waals surface area contributed by atoms with Crippen molar-refractivity contribution >= 4 is 33.6 Å². The van der Waals surface area contributed by atoms with Gasteiger partial charge in [0.1, 0.15) is 17.4 Å². The molecule has 5 nitrogen and oxygen atoms in total. The number of rotatable bonds is 3. The number of hydrogen-bond donors (Lipinski definition) is 1. The van der Waals surface area contributed by atoms with Gasteiger partial charge in [-0.1, -0.05) is 42.5 Å². The van der Waals surface area contributed by atoms with Gasteiger partial charge in [0.15, 0.2) is 11.4 Å². The van der Waals surface area contributed by atoms with E-state index in [9.17, 15) is 0 Å². The van der Waals surface area contributed by atoms with Crippen molar-refractivity contribution < 1.29 is 4.42 Å². The molecule has 2 aromatic carbocycles. The maximum absolute atomic E-state index is 5.86. The standard InChI is InChI=1S/C18H14N4O/c1-12(13-7-3-2-4-8-13)21-22-18-17-16(19-11-20-18)14-9-5-6-10-15(14)23-17/h2-11H,1H3,(H,19,20,22)/b21-12-. The van der Waals surface area contributed by atoms with Crippen molar-refractivity contribution in [1.82, 2.24) is 9.97 Å². The summed E-state index contributed by atoms with van der Waals surface area (Å²) in [5.41, 5.74) is 7.09. The van der Waals surface area contributed by atoms with Gasteiger partial charge in [0.25, 0.3) is 0 Å². The van der Waals surface area contributed by atoms with Crippen LogP contribution in [0.4, 0.5) is 5.82 Å². The highest BCUT2D eigenvalue weighted by Gasteiger charge is 2.12. The van der Waals surface area contributed by atoms with Gasteiger partial charge in [0, 0.05) is 5.39 Å².